The molecule has 1 amide bonds. The summed E-state index contributed by atoms with van der Waals surface area (Å²) in [5, 5.41) is 3.49. The van der Waals surface area contributed by atoms with Gasteiger partial charge in [0.25, 0.3) is 5.91 Å². The molecule has 4 rings (SSSR count). The fourth-order valence-electron chi connectivity index (χ4n) is 4.51. The van der Waals surface area contributed by atoms with Crippen LogP contribution in [0.1, 0.15) is 46.3 Å². The Labute approximate surface area is 185 Å². The Bertz CT molecular complexity index is 854. The van der Waals surface area contributed by atoms with Gasteiger partial charge < -0.3 is 10.2 Å². The second kappa shape index (κ2) is 9.55. The smallest absolute Gasteiger partial charge is 0.253 e. The number of nitrogens with one attached hydrogen (secondary N) is 1. The van der Waals surface area contributed by atoms with Crippen LogP contribution < -0.4 is 5.32 Å². The summed E-state index contributed by atoms with van der Waals surface area (Å²) in [5.74, 6) is 1.08. The van der Waals surface area contributed by atoms with Gasteiger partial charge in [0, 0.05) is 35.8 Å². The average Bonchev–Trinajstić information content (AvgIpc) is 3.15. The van der Waals surface area contributed by atoms with Crippen molar-refractivity contribution in [1.82, 2.24) is 10.2 Å². The summed E-state index contributed by atoms with van der Waals surface area (Å²) in [6, 6.07) is 14.8. The van der Waals surface area contributed by atoms with Crippen molar-refractivity contribution in [3.8, 4) is 0 Å². The molecule has 1 spiro atoms. The maximum absolute atomic E-state index is 13.0. The maximum Gasteiger partial charge on any atom is 0.253 e. The van der Waals surface area contributed by atoms with E-state index >= 15 is 0 Å². The highest BCUT2D eigenvalue weighted by Crippen LogP contribution is 2.37. The highest BCUT2D eigenvalue weighted by molar-refractivity contribution is 7.98. The molecular weight excluding hydrogens is 400 g/mol. The fraction of sp³-hybridized carbons (Fsp3) is 0.458. The number of thioether (sulfide) groups is 1. The molecule has 2 aliphatic rings. The van der Waals surface area contributed by atoms with E-state index in [1.807, 2.05) is 23.9 Å². The lowest BCUT2D eigenvalue weighted by molar-refractivity contribution is 0.0607. The van der Waals surface area contributed by atoms with Crippen LogP contribution in [0.25, 0.3) is 0 Å². The van der Waals surface area contributed by atoms with E-state index in [4.69, 9.17) is 0 Å². The first kappa shape index (κ1) is 22.2. The van der Waals surface area contributed by atoms with Crippen LogP contribution in [0.3, 0.4) is 0 Å². The molecule has 5 heteroatoms. The third kappa shape index (κ3) is 5.17. The second-order valence-electron chi connectivity index (χ2n) is 8.48. The van der Waals surface area contributed by atoms with Crippen LogP contribution in [0.5, 0.6) is 0 Å². The number of amides is 1. The van der Waals surface area contributed by atoms with E-state index in [1.54, 1.807) is 0 Å². The Morgan fingerprint density at radius 3 is 2.59 bits per heavy atom. The summed E-state index contributed by atoms with van der Waals surface area (Å²) in [7, 11) is 0. The Kier molecular flexibility index (Phi) is 7.31. The highest BCUT2D eigenvalue weighted by atomic mass is 35.5. The molecule has 2 heterocycles. The van der Waals surface area contributed by atoms with Gasteiger partial charge in [-0.25, -0.2) is 0 Å². The van der Waals surface area contributed by atoms with Gasteiger partial charge in [-0.3, -0.25) is 4.79 Å². The first-order chi connectivity index (χ1) is 13.5. The van der Waals surface area contributed by atoms with Gasteiger partial charge in [0.05, 0.1) is 0 Å². The van der Waals surface area contributed by atoms with Gasteiger partial charge in [-0.15, -0.1) is 24.2 Å². The van der Waals surface area contributed by atoms with E-state index < -0.39 is 0 Å². The second-order valence-corrected chi connectivity index (χ2v) is 9.49. The average molecular weight is 431 g/mol. The van der Waals surface area contributed by atoms with Gasteiger partial charge in [0.15, 0.2) is 0 Å². The maximum atomic E-state index is 13.0. The molecule has 0 radical (unpaired) electrons. The monoisotopic (exact) mass is 430 g/mol. The number of benzene rings is 2. The van der Waals surface area contributed by atoms with Crippen LogP contribution in [0.15, 0.2) is 47.4 Å². The molecule has 2 aromatic carbocycles. The van der Waals surface area contributed by atoms with Crippen LogP contribution in [0.2, 0.25) is 0 Å². The SMILES string of the molecule is Cc1ccc(SCc2cccc(C(=O)N3CCC4(CCNC4)CC3)c2)c(C)c1.Cl. The number of rotatable bonds is 4. The number of carbonyl (C=O) groups excluding carboxylic acids is 1. The van der Waals surface area contributed by atoms with Crippen molar-refractivity contribution in [2.24, 2.45) is 5.41 Å². The zero-order chi connectivity index (χ0) is 19.6. The first-order valence-electron chi connectivity index (χ1n) is 10.3. The van der Waals surface area contributed by atoms with E-state index in [-0.39, 0.29) is 18.3 Å². The van der Waals surface area contributed by atoms with Crippen molar-refractivity contribution in [3.05, 3.63) is 64.7 Å². The molecule has 0 bridgehead atoms. The summed E-state index contributed by atoms with van der Waals surface area (Å²) in [4.78, 5) is 16.4. The third-order valence-corrected chi connectivity index (χ3v) is 7.59. The zero-order valence-corrected chi connectivity index (χ0v) is 19.0. The van der Waals surface area contributed by atoms with Crippen LogP contribution in [0, 0.1) is 19.3 Å². The minimum absolute atomic E-state index is 0. The predicted octanol–water partition coefficient (Wildman–Crippen LogP) is 5.23. The van der Waals surface area contributed by atoms with Crippen LogP contribution in [0.4, 0.5) is 0 Å². The number of aryl methyl sites for hydroxylation is 2. The number of hydrogen-bond donors (Lipinski definition) is 1. The molecule has 0 aliphatic carbocycles. The first-order valence-corrected chi connectivity index (χ1v) is 11.3. The summed E-state index contributed by atoms with van der Waals surface area (Å²) >= 11 is 1.85. The van der Waals surface area contributed by atoms with Crippen LogP contribution in [-0.4, -0.2) is 37.0 Å². The predicted molar refractivity (Wildman–Crippen MR) is 124 cm³/mol. The van der Waals surface area contributed by atoms with Gasteiger partial charge in [0.2, 0.25) is 0 Å². The van der Waals surface area contributed by atoms with E-state index in [9.17, 15) is 4.79 Å². The van der Waals surface area contributed by atoms with E-state index in [1.165, 1.54) is 28.0 Å². The Morgan fingerprint density at radius 1 is 1.10 bits per heavy atom. The summed E-state index contributed by atoms with van der Waals surface area (Å²) in [5.41, 5.74) is 5.11. The van der Waals surface area contributed by atoms with Gasteiger partial charge in [-0.2, -0.15) is 0 Å². The summed E-state index contributed by atoms with van der Waals surface area (Å²) in [6.07, 6.45) is 3.53. The highest BCUT2D eigenvalue weighted by Gasteiger charge is 2.38. The topological polar surface area (TPSA) is 32.3 Å². The molecule has 0 saturated carbocycles. The van der Waals surface area contributed by atoms with Crippen molar-refractivity contribution in [3.63, 3.8) is 0 Å². The lowest BCUT2D eigenvalue weighted by Gasteiger charge is -2.39. The number of nitrogens with zero attached hydrogens (tertiary/aromatic N) is 1. The molecule has 0 atom stereocenters. The van der Waals surface area contributed by atoms with E-state index in [0.29, 0.717) is 5.41 Å². The zero-order valence-electron chi connectivity index (χ0n) is 17.4. The Balaban J connectivity index is 0.00000240. The molecule has 156 valence electrons. The molecule has 2 saturated heterocycles. The van der Waals surface area contributed by atoms with E-state index in [2.05, 4.69) is 54.4 Å². The number of hydrogen-bond acceptors (Lipinski definition) is 3. The number of carbonyl (C=O) groups is 1. The van der Waals surface area contributed by atoms with Crippen molar-refractivity contribution < 1.29 is 4.79 Å². The largest absolute Gasteiger partial charge is 0.339 e. The quantitative estimate of drug-likeness (QED) is 0.673. The molecule has 0 unspecified atom stereocenters. The summed E-state index contributed by atoms with van der Waals surface area (Å²) in [6.45, 7) is 8.33. The fourth-order valence-corrected chi connectivity index (χ4v) is 5.46. The van der Waals surface area contributed by atoms with Gasteiger partial charge in [-0.1, -0.05) is 29.8 Å². The Morgan fingerprint density at radius 2 is 1.90 bits per heavy atom. The minimum Gasteiger partial charge on any atom is -0.339 e. The van der Waals surface area contributed by atoms with Gasteiger partial charge in [-0.05, 0) is 74.4 Å². The third-order valence-electron chi connectivity index (χ3n) is 6.34. The van der Waals surface area contributed by atoms with Gasteiger partial charge >= 0.3 is 0 Å². The van der Waals surface area contributed by atoms with Crippen molar-refractivity contribution in [2.75, 3.05) is 26.2 Å². The molecule has 0 aromatic heterocycles. The van der Waals surface area contributed by atoms with E-state index in [0.717, 1.165) is 50.3 Å². The molecule has 2 aromatic rings. The molecule has 1 N–H and O–H groups in total. The molecule has 3 nitrogen and oxygen atoms in total. The normalized spacial score (nSPS) is 17.9. The molecule has 2 aliphatic heterocycles. The molecule has 29 heavy (non-hydrogen) atoms. The Hall–Kier alpha value is -1.49. The number of likely N-dealkylation sites (tertiary alicyclic amines) is 1. The molecular formula is C24H31ClN2OS. The number of halogens is 1. The minimum atomic E-state index is 0. The summed E-state index contributed by atoms with van der Waals surface area (Å²) < 4.78 is 0. The van der Waals surface area contributed by atoms with Crippen molar-refractivity contribution in [1.29, 1.82) is 0 Å². The van der Waals surface area contributed by atoms with Crippen LogP contribution >= 0.6 is 24.2 Å². The standard InChI is InChI=1S/C24H30N2OS.ClH/c1-18-6-7-22(19(2)14-18)28-16-20-4-3-5-21(15-20)23(27)26-12-9-24(10-13-26)8-11-25-17-24;/h3-7,14-15,25H,8-13,16-17H2,1-2H3;1H. The van der Waals surface area contributed by atoms with Gasteiger partial charge in [0.1, 0.15) is 0 Å². The van der Waals surface area contributed by atoms with Crippen molar-refractivity contribution in [2.45, 2.75) is 43.8 Å². The lowest BCUT2D eigenvalue weighted by Crippen LogP contribution is -2.44. The number of piperidine rings is 1. The lowest BCUT2D eigenvalue weighted by atomic mass is 9.78. The van der Waals surface area contributed by atoms with Crippen molar-refractivity contribution >= 4 is 30.1 Å². The van der Waals surface area contributed by atoms with Crippen LogP contribution in [-0.2, 0) is 5.75 Å². The molecule has 2 fully saturated rings.